The van der Waals surface area contributed by atoms with E-state index in [9.17, 15) is 15.3 Å². The fourth-order valence-electron chi connectivity index (χ4n) is 3.03. The van der Waals surface area contributed by atoms with E-state index in [0.29, 0.717) is 6.42 Å². The third-order valence-electron chi connectivity index (χ3n) is 4.45. The standard InChI is InChI=1S/C20H23BrClNO3/c1-3-11-19(2,21)20(26,18-16(24)12-15(22)13-23-18)17(25)10-9-14-7-5-4-6-8-14/h3-8,11-13,17,24-26H,9-10H2,1-2H3/t17-,19?,20?/m1/s1. The molecule has 2 aromatic rings. The van der Waals surface area contributed by atoms with E-state index in [1.807, 2.05) is 37.3 Å². The van der Waals surface area contributed by atoms with Crippen LogP contribution in [0.1, 0.15) is 31.5 Å². The van der Waals surface area contributed by atoms with Gasteiger partial charge in [0.05, 0.1) is 15.5 Å². The van der Waals surface area contributed by atoms with Gasteiger partial charge in [-0.2, -0.15) is 0 Å². The first-order valence-electron chi connectivity index (χ1n) is 8.34. The van der Waals surface area contributed by atoms with Gasteiger partial charge < -0.3 is 15.3 Å². The highest BCUT2D eigenvalue weighted by atomic mass is 79.9. The lowest BCUT2D eigenvalue weighted by Gasteiger charge is -2.42. The Bertz CT molecular complexity index is 767. The van der Waals surface area contributed by atoms with Gasteiger partial charge in [0.15, 0.2) is 5.60 Å². The van der Waals surface area contributed by atoms with E-state index in [0.717, 1.165) is 5.56 Å². The van der Waals surface area contributed by atoms with E-state index < -0.39 is 16.0 Å². The van der Waals surface area contributed by atoms with E-state index in [1.165, 1.54) is 12.3 Å². The van der Waals surface area contributed by atoms with Crippen LogP contribution >= 0.6 is 27.5 Å². The number of rotatable bonds is 7. The van der Waals surface area contributed by atoms with Crippen LogP contribution in [0.25, 0.3) is 0 Å². The number of alkyl halides is 1. The molecular formula is C20H23BrClNO3. The van der Waals surface area contributed by atoms with Gasteiger partial charge in [-0.15, -0.1) is 0 Å². The van der Waals surface area contributed by atoms with Crippen molar-refractivity contribution in [2.24, 2.45) is 0 Å². The summed E-state index contributed by atoms with van der Waals surface area (Å²) in [5.74, 6) is -0.270. The van der Waals surface area contributed by atoms with E-state index in [1.54, 1.807) is 19.1 Å². The number of halogens is 2. The fraction of sp³-hybridized carbons (Fsp3) is 0.350. The van der Waals surface area contributed by atoms with Crippen molar-refractivity contribution in [3.63, 3.8) is 0 Å². The van der Waals surface area contributed by atoms with E-state index in [2.05, 4.69) is 20.9 Å². The highest BCUT2D eigenvalue weighted by Crippen LogP contribution is 2.46. The van der Waals surface area contributed by atoms with E-state index >= 15 is 0 Å². The first-order valence-corrected chi connectivity index (χ1v) is 9.51. The van der Waals surface area contributed by atoms with Crippen LogP contribution < -0.4 is 0 Å². The quantitative estimate of drug-likeness (QED) is 0.442. The first-order chi connectivity index (χ1) is 12.2. The molecule has 0 aliphatic carbocycles. The zero-order valence-corrected chi connectivity index (χ0v) is 17.1. The molecule has 0 fully saturated rings. The Morgan fingerprint density at radius 2 is 1.96 bits per heavy atom. The number of benzene rings is 1. The minimum absolute atomic E-state index is 0.0278. The Hall–Kier alpha value is -1.40. The highest BCUT2D eigenvalue weighted by molar-refractivity contribution is 9.10. The number of aromatic hydroxyl groups is 1. The number of aryl methyl sites for hydroxylation is 1. The van der Waals surface area contributed by atoms with Crippen molar-refractivity contribution in [3.05, 3.63) is 71.0 Å². The predicted octanol–water partition coefficient (Wildman–Crippen LogP) is 4.35. The topological polar surface area (TPSA) is 73.6 Å². The van der Waals surface area contributed by atoms with Gasteiger partial charge in [0.2, 0.25) is 0 Å². The zero-order valence-electron chi connectivity index (χ0n) is 14.7. The van der Waals surface area contributed by atoms with Crippen molar-refractivity contribution in [2.45, 2.75) is 42.7 Å². The maximum absolute atomic E-state index is 11.5. The summed E-state index contributed by atoms with van der Waals surface area (Å²) in [6.45, 7) is 3.53. The van der Waals surface area contributed by atoms with Crippen LogP contribution in [0.15, 0.2) is 54.7 Å². The number of hydrogen-bond donors (Lipinski definition) is 3. The molecule has 140 valence electrons. The third-order valence-corrected chi connectivity index (χ3v) is 5.53. The number of nitrogens with zero attached hydrogens (tertiary/aromatic N) is 1. The molecule has 3 atom stereocenters. The van der Waals surface area contributed by atoms with E-state index in [-0.39, 0.29) is 22.9 Å². The second-order valence-corrected chi connectivity index (χ2v) is 8.49. The molecule has 1 heterocycles. The molecule has 0 amide bonds. The summed E-state index contributed by atoms with van der Waals surface area (Å²) >= 11 is 9.37. The monoisotopic (exact) mass is 439 g/mol. The molecule has 2 unspecified atom stereocenters. The normalized spacial score (nSPS) is 17.6. The van der Waals surface area contributed by atoms with Gasteiger partial charge in [0.25, 0.3) is 0 Å². The van der Waals surface area contributed by atoms with E-state index in [4.69, 9.17) is 11.6 Å². The van der Waals surface area contributed by atoms with Crippen molar-refractivity contribution in [1.29, 1.82) is 0 Å². The molecule has 26 heavy (non-hydrogen) atoms. The molecule has 3 N–H and O–H groups in total. The summed E-state index contributed by atoms with van der Waals surface area (Å²) in [7, 11) is 0. The van der Waals surface area contributed by atoms with Gasteiger partial charge in [-0.25, -0.2) is 0 Å². The summed E-state index contributed by atoms with van der Waals surface area (Å²) in [5, 5.41) is 33.1. The zero-order chi connectivity index (χ0) is 19.4. The number of pyridine rings is 1. The minimum Gasteiger partial charge on any atom is -0.506 e. The van der Waals surface area contributed by atoms with Crippen LogP contribution in [-0.2, 0) is 12.0 Å². The van der Waals surface area contributed by atoms with Crippen LogP contribution in [0.5, 0.6) is 5.75 Å². The second kappa shape index (κ2) is 8.53. The Morgan fingerprint density at radius 3 is 2.54 bits per heavy atom. The minimum atomic E-state index is -1.87. The first kappa shape index (κ1) is 20.9. The van der Waals surface area contributed by atoms with Crippen molar-refractivity contribution in [3.8, 4) is 5.75 Å². The summed E-state index contributed by atoms with van der Waals surface area (Å²) in [5.41, 5.74) is -0.854. The number of allylic oxidation sites excluding steroid dienone is 1. The largest absolute Gasteiger partial charge is 0.506 e. The van der Waals surface area contributed by atoms with Crippen LogP contribution in [0, 0.1) is 0 Å². The van der Waals surface area contributed by atoms with Gasteiger partial charge in [0.1, 0.15) is 11.4 Å². The number of aliphatic hydroxyl groups excluding tert-OH is 1. The lowest BCUT2D eigenvalue weighted by molar-refractivity contribution is -0.0995. The lowest BCUT2D eigenvalue weighted by atomic mass is 9.77. The summed E-state index contributed by atoms with van der Waals surface area (Å²) in [6.07, 6.45) is 4.47. The van der Waals surface area contributed by atoms with Crippen molar-refractivity contribution in [2.75, 3.05) is 0 Å². The Kier molecular flexibility index (Phi) is 6.86. The maximum Gasteiger partial charge on any atom is 0.154 e. The molecule has 4 nitrogen and oxygen atoms in total. The molecule has 0 spiro atoms. The molecule has 2 rings (SSSR count). The van der Waals surface area contributed by atoms with Gasteiger partial charge in [0, 0.05) is 12.3 Å². The molecular weight excluding hydrogens is 418 g/mol. The smallest absolute Gasteiger partial charge is 0.154 e. The second-order valence-electron chi connectivity index (χ2n) is 6.40. The van der Waals surface area contributed by atoms with Crippen LogP contribution in [0.2, 0.25) is 5.02 Å². The molecule has 0 aliphatic heterocycles. The average molecular weight is 441 g/mol. The summed E-state index contributed by atoms with van der Waals surface area (Å²) in [4.78, 5) is 4.12. The third kappa shape index (κ3) is 4.29. The van der Waals surface area contributed by atoms with Crippen molar-refractivity contribution >= 4 is 27.5 Å². The molecule has 6 heteroatoms. The SMILES string of the molecule is CC=CC(C)(Br)C(O)(c1ncc(Cl)cc1O)[C@H](O)CCc1ccccc1. The molecule has 0 saturated heterocycles. The highest BCUT2D eigenvalue weighted by Gasteiger charge is 2.52. The molecule has 0 aliphatic rings. The number of hydrogen-bond acceptors (Lipinski definition) is 4. The number of aromatic nitrogens is 1. The maximum atomic E-state index is 11.5. The van der Waals surface area contributed by atoms with Gasteiger partial charge in [-0.3, -0.25) is 4.98 Å². The predicted molar refractivity (Wildman–Crippen MR) is 108 cm³/mol. The van der Waals surface area contributed by atoms with Crippen LogP contribution in [0.4, 0.5) is 0 Å². The van der Waals surface area contributed by atoms with Crippen LogP contribution in [-0.4, -0.2) is 30.7 Å². The summed E-state index contributed by atoms with van der Waals surface area (Å²) < 4.78 is -1.07. The Labute approximate surface area is 167 Å². The molecule has 0 saturated carbocycles. The average Bonchev–Trinajstić information content (AvgIpc) is 2.59. The molecule has 1 aromatic carbocycles. The van der Waals surface area contributed by atoms with Crippen molar-refractivity contribution in [1.82, 2.24) is 4.98 Å². The van der Waals surface area contributed by atoms with Gasteiger partial charge in [-0.05, 0) is 32.3 Å². The summed E-state index contributed by atoms with van der Waals surface area (Å²) in [6, 6.07) is 11.0. The molecule has 0 bridgehead atoms. The molecule has 0 radical (unpaired) electrons. The Morgan fingerprint density at radius 1 is 1.31 bits per heavy atom. The lowest BCUT2D eigenvalue weighted by Crippen LogP contribution is -2.53. The van der Waals surface area contributed by atoms with Crippen LogP contribution in [0.3, 0.4) is 0 Å². The van der Waals surface area contributed by atoms with Gasteiger partial charge >= 0.3 is 0 Å². The fourth-order valence-corrected chi connectivity index (χ4v) is 3.90. The molecule has 1 aromatic heterocycles. The van der Waals surface area contributed by atoms with Gasteiger partial charge in [-0.1, -0.05) is 70.0 Å². The Balaban J connectivity index is 2.43. The van der Waals surface area contributed by atoms with Crippen molar-refractivity contribution < 1.29 is 15.3 Å². The number of aliphatic hydroxyl groups is 2.